The highest BCUT2D eigenvalue weighted by Gasteiger charge is 2.17. The highest BCUT2D eigenvalue weighted by molar-refractivity contribution is 8.01. The molecule has 0 spiro atoms. The number of hydrogen-bond acceptors (Lipinski definition) is 7. The first-order chi connectivity index (χ1) is 10.4. The largest absolute Gasteiger partial charge is 0.325 e. The SMILES string of the molecule is CN(C)S(=O)(=O)c1cccc(NC(=O)CSc2nncs2)c1. The van der Waals surface area contributed by atoms with Crippen LogP contribution in [0.2, 0.25) is 0 Å². The third-order valence-electron chi connectivity index (χ3n) is 2.56. The molecule has 0 radical (unpaired) electrons. The van der Waals surface area contributed by atoms with E-state index in [0.717, 1.165) is 4.31 Å². The number of rotatable bonds is 6. The highest BCUT2D eigenvalue weighted by Crippen LogP contribution is 2.20. The molecule has 0 bridgehead atoms. The Hall–Kier alpha value is -1.49. The number of amides is 1. The number of aromatic nitrogens is 2. The van der Waals surface area contributed by atoms with Gasteiger partial charge in [-0.2, -0.15) is 0 Å². The van der Waals surface area contributed by atoms with Crippen LogP contribution in [0.15, 0.2) is 39.0 Å². The molecule has 0 aliphatic rings. The molecule has 0 saturated carbocycles. The molecule has 10 heteroatoms. The van der Waals surface area contributed by atoms with Gasteiger partial charge in [-0.25, -0.2) is 12.7 Å². The fraction of sp³-hybridized carbons (Fsp3) is 0.250. The molecule has 1 N–H and O–H groups in total. The zero-order chi connectivity index (χ0) is 16.2. The first-order valence-corrected chi connectivity index (χ1v) is 9.41. The Morgan fingerprint density at radius 2 is 2.18 bits per heavy atom. The third kappa shape index (κ3) is 4.26. The summed E-state index contributed by atoms with van der Waals surface area (Å²) >= 11 is 2.63. The zero-order valence-electron chi connectivity index (χ0n) is 11.9. The normalized spacial score (nSPS) is 11.6. The number of carbonyl (C=O) groups is 1. The number of nitrogens with one attached hydrogen (secondary N) is 1. The lowest BCUT2D eigenvalue weighted by Crippen LogP contribution is -2.22. The summed E-state index contributed by atoms with van der Waals surface area (Å²) < 4.78 is 25.9. The number of carbonyl (C=O) groups excluding carboxylic acids is 1. The van der Waals surface area contributed by atoms with E-state index in [0.29, 0.717) is 10.0 Å². The van der Waals surface area contributed by atoms with Crippen molar-refractivity contribution in [1.82, 2.24) is 14.5 Å². The minimum absolute atomic E-state index is 0.132. The predicted octanol–water partition coefficient (Wildman–Crippen LogP) is 1.52. The third-order valence-corrected chi connectivity index (χ3v) is 6.23. The van der Waals surface area contributed by atoms with E-state index in [-0.39, 0.29) is 16.6 Å². The van der Waals surface area contributed by atoms with Crippen LogP contribution in [0.4, 0.5) is 5.69 Å². The van der Waals surface area contributed by atoms with E-state index < -0.39 is 10.0 Å². The smallest absolute Gasteiger partial charge is 0.242 e. The van der Waals surface area contributed by atoms with Gasteiger partial charge >= 0.3 is 0 Å². The van der Waals surface area contributed by atoms with E-state index in [1.54, 1.807) is 17.6 Å². The molecule has 0 aliphatic heterocycles. The lowest BCUT2D eigenvalue weighted by atomic mass is 10.3. The van der Waals surface area contributed by atoms with E-state index in [1.807, 2.05) is 0 Å². The lowest BCUT2D eigenvalue weighted by Gasteiger charge is -2.12. The van der Waals surface area contributed by atoms with Gasteiger partial charge in [0.05, 0.1) is 10.6 Å². The van der Waals surface area contributed by atoms with Gasteiger partial charge in [0.1, 0.15) is 5.51 Å². The minimum Gasteiger partial charge on any atom is -0.325 e. The second kappa shape index (κ2) is 7.18. The van der Waals surface area contributed by atoms with Crippen LogP contribution in [-0.2, 0) is 14.8 Å². The molecular weight excluding hydrogens is 344 g/mol. The quantitative estimate of drug-likeness (QED) is 0.787. The Bertz CT molecular complexity index is 745. The van der Waals surface area contributed by atoms with Gasteiger partial charge < -0.3 is 5.32 Å². The fourth-order valence-electron chi connectivity index (χ4n) is 1.50. The Labute approximate surface area is 136 Å². The number of nitrogens with zero attached hydrogens (tertiary/aromatic N) is 3. The van der Waals surface area contributed by atoms with Crippen molar-refractivity contribution in [3.63, 3.8) is 0 Å². The first-order valence-electron chi connectivity index (χ1n) is 6.11. The van der Waals surface area contributed by atoms with Crippen molar-refractivity contribution in [2.24, 2.45) is 0 Å². The van der Waals surface area contributed by atoms with Crippen LogP contribution >= 0.6 is 23.1 Å². The van der Waals surface area contributed by atoms with E-state index in [1.165, 1.54) is 49.3 Å². The Balaban J connectivity index is 2.02. The number of benzene rings is 1. The molecule has 0 atom stereocenters. The van der Waals surface area contributed by atoms with Crippen molar-refractivity contribution in [1.29, 1.82) is 0 Å². The van der Waals surface area contributed by atoms with Crippen LogP contribution in [0, 0.1) is 0 Å². The van der Waals surface area contributed by atoms with Crippen LogP contribution in [0.5, 0.6) is 0 Å². The van der Waals surface area contributed by atoms with Crippen LogP contribution in [0.3, 0.4) is 0 Å². The fourth-order valence-corrected chi connectivity index (χ4v) is 3.73. The maximum absolute atomic E-state index is 12.0. The Kier molecular flexibility index (Phi) is 5.51. The summed E-state index contributed by atoms with van der Waals surface area (Å²) in [5.41, 5.74) is 2.03. The molecule has 0 fully saturated rings. The molecule has 0 unspecified atom stereocenters. The number of thioether (sulfide) groups is 1. The molecule has 1 amide bonds. The Morgan fingerprint density at radius 3 is 2.82 bits per heavy atom. The van der Waals surface area contributed by atoms with Gasteiger partial charge in [0.25, 0.3) is 0 Å². The maximum Gasteiger partial charge on any atom is 0.242 e. The van der Waals surface area contributed by atoms with Crippen LogP contribution in [0.25, 0.3) is 0 Å². The van der Waals surface area contributed by atoms with Crippen molar-refractivity contribution in [2.45, 2.75) is 9.24 Å². The second-order valence-corrected chi connectivity index (χ2v) is 8.56. The first kappa shape index (κ1) is 16.9. The highest BCUT2D eigenvalue weighted by atomic mass is 32.2. The van der Waals surface area contributed by atoms with Gasteiger partial charge in [-0.05, 0) is 18.2 Å². The van der Waals surface area contributed by atoms with Gasteiger partial charge in [-0.15, -0.1) is 10.2 Å². The van der Waals surface area contributed by atoms with Crippen molar-refractivity contribution >= 4 is 44.7 Å². The summed E-state index contributed by atoms with van der Waals surface area (Å²) in [7, 11) is -0.607. The summed E-state index contributed by atoms with van der Waals surface area (Å²) in [4.78, 5) is 12.0. The number of sulfonamides is 1. The van der Waals surface area contributed by atoms with Gasteiger partial charge in [0.2, 0.25) is 15.9 Å². The van der Waals surface area contributed by atoms with Crippen molar-refractivity contribution in [3.8, 4) is 0 Å². The summed E-state index contributed by atoms with van der Waals surface area (Å²) in [6.45, 7) is 0. The van der Waals surface area contributed by atoms with Crippen molar-refractivity contribution in [2.75, 3.05) is 25.2 Å². The van der Waals surface area contributed by atoms with E-state index in [2.05, 4.69) is 15.5 Å². The average Bonchev–Trinajstić information content (AvgIpc) is 2.98. The lowest BCUT2D eigenvalue weighted by molar-refractivity contribution is -0.113. The molecule has 7 nitrogen and oxygen atoms in total. The van der Waals surface area contributed by atoms with E-state index in [9.17, 15) is 13.2 Å². The molecule has 2 rings (SSSR count). The molecule has 0 saturated heterocycles. The van der Waals surface area contributed by atoms with Gasteiger partial charge in [-0.3, -0.25) is 4.79 Å². The summed E-state index contributed by atoms with van der Waals surface area (Å²) in [6.07, 6.45) is 0. The predicted molar refractivity (Wildman–Crippen MR) is 86.6 cm³/mol. The van der Waals surface area contributed by atoms with Crippen molar-refractivity contribution < 1.29 is 13.2 Å². The van der Waals surface area contributed by atoms with Gasteiger partial charge in [-0.1, -0.05) is 29.2 Å². The molecule has 1 aromatic carbocycles. The van der Waals surface area contributed by atoms with E-state index in [4.69, 9.17) is 0 Å². The molecule has 0 aliphatic carbocycles. The topological polar surface area (TPSA) is 92.3 Å². The number of hydrogen-bond donors (Lipinski definition) is 1. The standard InChI is InChI=1S/C12H14N4O3S3/c1-16(2)22(18,19)10-5-3-4-9(6-10)14-11(17)7-20-12-15-13-8-21-12/h3-6,8H,7H2,1-2H3,(H,14,17). The number of anilines is 1. The van der Waals surface area contributed by atoms with Gasteiger partial charge in [0.15, 0.2) is 4.34 Å². The molecule has 1 heterocycles. The average molecular weight is 358 g/mol. The van der Waals surface area contributed by atoms with Crippen LogP contribution in [0.1, 0.15) is 0 Å². The molecule has 1 aromatic heterocycles. The molecule has 118 valence electrons. The monoisotopic (exact) mass is 358 g/mol. The summed E-state index contributed by atoms with van der Waals surface area (Å²) in [5.74, 6) is -0.0561. The van der Waals surface area contributed by atoms with Crippen LogP contribution in [-0.4, -0.2) is 48.7 Å². The minimum atomic E-state index is -3.52. The molecule has 22 heavy (non-hydrogen) atoms. The summed E-state index contributed by atoms with van der Waals surface area (Å²) in [6, 6.07) is 6.15. The molecule has 2 aromatic rings. The van der Waals surface area contributed by atoms with E-state index >= 15 is 0 Å². The van der Waals surface area contributed by atoms with Crippen LogP contribution < -0.4 is 5.32 Å². The molecular formula is C12H14N4O3S3. The summed E-state index contributed by atoms with van der Waals surface area (Å²) in [5, 5.41) is 10.2. The second-order valence-electron chi connectivity index (χ2n) is 4.36. The van der Waals surface area contributed by atoms with Crippen molar-refractivity contribution in [3.05, 3.63) is 29.8 Å². The van der Waals surface area contributed by atoms with Gasteiger partial charge in [0, 0.05) is 19.8 Å². The maximum atomic E-state index is 12.0. The zero-order valence-corrected chi connectivity index (χ0v) is 14.3. The Morgan fingerprint density at radius 1 is 1.41 bits per heavy atom.